The lowest BCUT2D eigenvalue weighted by atomic mass is 10.2. The zero-order chi connectivity index (χ0) is 14.4. The molecule has 0 saturated heterocycles. The SMILES string of the molecule is COCCC(COc1ccc2ccc(=O)oc2c1)OC. The van der Waals surface area contributed by atoms with Crippen LogP contribution in [-0.2, 0) is 9.47 Å². The van der Waals surface area contributed by atoms with Crippen molar-refractivity contribution in [3.05, 3.63) is 40.8 Å². The monoisotopic (exact) mass is 278 g/mol. The molecular weight excluding hydrogens is 260 g/mol. The van der Waals surface area contributed by atoms with Crippen molar-refractivity contribution in [2.45, 2.75) is 12.5 Å². The van der Waals surface area contributed by atoms with Crippen molar-refractivity contribution >= 4 is 11.0 Å². The number of fused-ring (bicyclic) bond motifs is 1. The first kappa shape index (κ1) is 14.6. The van der Waals surface area contributed by atoms with E-state index in [9.17, 15) is 4.79 Å². The molecule has 0 fully saturated rings. The first-order valence-corrected chi connectivity index (χ1v) is 6.41. The highest BCUT2D eigenvalue weighted by atomic mass is 16.5. The van der Waals surface area contributed by atoms with E-state index in [4.69, 9.17) is 18.6 Å². The molecule has 1 atom stereocenters. The number of ether oxygens (including phenoxy) is 3. The number of benzene rings is 1. The van der Waals surface area contributed by atoms with Crippen molar-refractivity contribution in [3.63, 3.8) is 0 Å². The molecule has 1 aromatic carbocycles. The Labute approximate surface area is 117 Å². The predicted octanol–water partition coefficient (Wildman–Crippen LogP) is 2.22. The molecule has 0 saturated carbocycles. The fraction of sp³-hybridized carbons (Fsp3) is 0.400. The second-order valence-corrected chi connectivity index (χ2v) is 4.40. The Kier molecular flexibility index (Phi) is 5.15. The van der Waals surface area contributed by atoms with Crippen LogP contribution >= 0.6 is 0 Å². The van der Waals surface area contributed by atoms with E-state index in [0.717, 1.165) is 11.8 Å². The van der Waals surface area contributed by atoms with Crippen LogP contribution < -0.4 is 10.4 Å². The summed E-state index contributed by atoms with van der Waals surface area (Å²) in [6.07, 6.45) is 0.726. The summed E-state index contributed by atoms with van der Waals surface area (Å²) < 4.78 is 21.1. The maximum Gasteiger partial charge on any atom is 0.336 e. The van der Waals surface area contributed by atoms with E-state index in [2.05, 4.69) is 0 Å². The second-order valence-electron chi connectivity index (χ2n) is 4.40. The van der Waals surface area contributed by atoms with Gasteiger partial charge in [-0.15, -0.1) is 0 Å². The van der Waals surface area contributed by atoms with E-state index in [-0.39, 0.29) is 11.7 Å². The van der Waals surface area contributed by atoms with Crippen LogP contribution in [0.4, 0.5) is 0 Å². The van der Waals surface area contributed by atoms with Crippen LogP contribution in [0.25, 0.3) is 11.0 Å². The van der Waals surface area contributed by atoms with Gasteiger partial charge in [0.25, 0.3) is 0 Å². The quantitative estimate of drug-likeness (QED) is 0.727. The van der Waals surface area contributed by atoms with Crippen LogP contribution in [-0.4, -0.2) is 33.5 Å². The Balaban J connectivity index is 2.03. The number of rotatable bonds is 7. The Bertz CT molecular complexity index is 604. The van der Waals surface area contributed by atoms with Crippen molar-refractivity contribution < 1.29 is 18.6 Å². The zero-order valence-corrected chi connectivity index (χ0v) is 11.6. The van der Waals surface area contributed by atoms with Crippen molar-refractivity contribution in [1.82, 2.24) is 0 Å². The van der Waals surface area contributed by atoms with Crippen molar-refractivity contribution in [2.24, 2.45) is 0 Å². The van der Waals surface area contributed by atoms with Crippen LogP contribution in [0, 0.1) is 0 Å². The van der Waals surface area contributed by atoms with E-state index < -0.39 is 0 Å². The largest absolute Gasteiger partial charge is 0.491 e. The molecule has 0 radical (unpaired) electrons. The third kappa shape index (κ3) is 3.82. The molecule has 1 unspecified atom stereocenters. The molecule has 1 aromatic heterocycles. The molecule has 5 nitrogen and oxygen atoms in total. The molecule has 0 aliphatic rings. The molecule has 0 N–H and O–H groups in total. The summed E-state index contributed by atoms with van der Waals surface area (Å²) in [5, 5.41) is 0.861. The smallest absolute Gasteiger partial charge is 0.336 e. The molecule has 2 rings (SSSR count). The fourth-order valence-electron chi connectivity index (χ4n) is 1.84. The van der Waals surface area contributed by atoms with E-state index in [1.807, 2.05) is 12.1 Å². The molecule has 0 bridgehead atoms. The van der Waals surface area contributed by atoms with Gasteiger partial charge >= 0.3 is 5.63 Å². The lowest BCUT2D eigenvalue weighted by molar-refractivity contribution is 0.0328. The van der Waals surface area contributed by atoms with E-state index in [1.165, 1.54) is 6.07 Å². The summed E-state index contributed by atoms with van der Waals surface area (Å²) in [6.45, 7) is 1.04. The lowest BCUT2D eigenvalue weighted by Gasteiger charge is -2.15. The van der Waals surface area contributed by atoms with Crippen LogP contribution in [0.2, 0.25) is 0 Å². The van der Waals surface area contributed by atoms with E-state index in [1.54, 1.807) is 26.4 Å². The van der Waals surface area contributed by atoms with Gasteiger partial charge in [-0.1, -0.05) is 0 Å². The first-order valence-electron chi connectivity index (χ1n) is 6.41. The summed E-state index contributed by atoms with van der Waals surface area (Å²) >= 11 is 0. The maximum absolute atomic E-state index is 11.2. The highest BCUT2D eigenvalue weighted by molar-refractivity contribution is 5.77. The molecule has 20 heavy (non-hydrogen) atoms. The van der Waals surface area contributed by atoms with Crippen molar-refractivity contribution in [3.8, 4) is 5.75 Å². The van der Waals surface area contributed by atoms with Gasteiger partial charge in [-0.3, -0.25) is 0 Å². The molecule has 2 aromatic rings. The first-order chi connectivity index (χ1) is 9.72. The van der Waals surface area contributed by atoms with Gasteiger partial charge in [0.15, 0.2) is 0 Å². The highest BCUT2D eigenvalue weighted by Gasteiger charge is 2.08. The molecule has 0 spiro atoms. The zero-order valence-electron chi connectivity index (χ0n) is 11.6. The normalized spacial score (nSPS) is 12.5. The lowest BCUT2D eigenvalue weighted by Crippen LogP contribution is -2.21. The summed E-state index contributed by atoms with van der Waals surface area (Å²) in [4.78, 5) is 11.2. The van der Waals surface area contributed by atoms with Gasteiger partial charge in [0.1, 0.15) is 17.9 Å². The van der Waals surface area contributed by atoms with Gasteiger partial charge < -0.3 is 18.6 Å². The average Bonchev–Trinajstić information content (AvgIpc) is 2.47. The minimum Gasteiger partial charge on any atom is -0.491 e. The minimum atomic E-state index is -0.371. The molecule has 0 aliphatic carbocycles. The summed E-state index contributed by atoms with van der Waals surface area (Å²) in [7, 11) is 3.29. The van der Waals surface area contributed by atoms with Gasteiger partial charge in [-0.2, -0.15) is 0 Å². The Morgan fingerprint density at radius 2 is 2.00 bits per heavy atom. The van der Waals surface area contributed by atoms with Gasteiger partial charge in [-0.25, -0.2) is 4.79 Å². The topological polar surface area (TPSA) is 57.9 Å². The van der Waals surface area contributed by atoms with Crippen LogP contribution in [0.3, 0.4) is 0 Å². The van der Waals surface area contributed by atoms with Gasteiger partial charge in [0, 0.05) is 44.8 Å². The van der Waals surface area contributed by atoms with Gasteiger partial charge in [-0.05, 0) is 18.2 Å². The summed E-state index contributed by atoms with van der Waals surface area (Å²) in [5.74, 6) is 0.645. The fourth-order valence-corrected chi connectivity index (χ4v) is 1.84. The minimum absolute atomic E-state index is 0.0339. The summed E-state index contributed by atoms with van der Waals surface area (Å²) in [6, 6.07) is 8.52. The number of methoxy groups -OCH3 is 2. The van der Waals surface area contributed by atoms with Crippen molar-refractivity contribution in [1.29, 1.82) is 0 Å². The van der Waals surface area contributed by atoms with Crippen LogP contribution in [0.5, 0.6) is 5.75 Å². The van der Waals surface area contributed by atoms with Crippen LogP contribution in [0.15, 0.2) is 39.5 Å². The highest BCUT2D eigenvalue weighted by Crippen LogP contribution is 2.19. The van der Waals surface area contributed by atoms with Gasteiger partial charge in [0.2, 0.25) is 0 Å². The third-order valence-electron chi connectivity index (χ3n) is 3.01. The van der Waals surface area contributed by atoms with Crippen LogP contribution in [0.1, 0.15) is 6.42 Å². The molecule has 1 heterocycles. The number of hydrogen-bond acceptors (Lipinski definition) is 5. The third-order valence-corrected chi connectivity index (χ3v) is 3.01. The summed E-state index contributed by atoms with van der Waals surface area (Å²) in [5.41, 5.74) is 0.144. The Hall–Kier alpha value is -1.85. The molecule has 108 valence electrons. The molecule has 0 amide bonds. The number of hydrogen-bond donors (Lipinski definition) is 0. The Morgan fingerprint density at radius 3 is 2.75 bits per heavy atom. The Morgan fingerprint density at radius 1 is 1.20 bits per heavy atom. The van der Waals surface area contributed by atoms with Crippen molar-refractivity contribution in [2.75, 3.05) is 27.4 Å². The van der Waals surface area contributed by atoms with Gasteiger partial charge in [0.05, 0.1) is 6.10 Å². The second kappa shape index (κ2) is 7.07. The molecule has 0 aliphatic heterocycles. The molecule has 5 heteroatoms. The van der Waals surface area contributed by atoms with E-state index in [0.29, 0.717) is 24.5 Å². The average molecular weight is 278 g/mol. The standard InChI is InChI=1S/C15H18O5/c1-17-8-7-13(18-2)10-19-12-5-3-11-4-6-15(16)20-14(11)9-12/h3-6,9,13H,7-8,10H2,1-2H3. The maximum atomic E-state index is 11.2. The molecular formula is C15H18O5. The predicted molar refractivity (Wildman–Crippen MR) is 75.3 cm³/mol. The van der Waals surface area contributed by atoms with E-state index >= 15 is 0 Å².